The summed E-state index contributed by atoms with van der Waals surface area (Å²) >= 11 is 0. The lowest BCUT2D eigenvalue weighted by Crippen LogP contribution is -2.22. The molecule has 1 N–H and O–H groups in total. The van der Waals surface area contributed by atoms with Gasteiger partial charge < -0.3 is 4.90 Å². The first kappa shape index (κ1) is 22.3. The highest BCUT2D eigenvalue weighted by Gasteiger charge is 2.20. The quantitative estimate of drug-likeness (QED) is 0.345. The first-order valence-electron chi connectivity index (χ1n) is 11.4. The molecule has 172 valence electrons. The largest absolute Gasteiger partial charge is 0.316 e. The van der Waals surface area contributed by atoms with Crippen LogP contribution in [0.4, 0.5) is 5.69 Å². The number of nitrogens with one attached hydrogen (secondary N) is 1. The number of benzene rings is 3. The fourth-order valence-corrected chi connectivity index (χ4v) is 4.25. The van der Waals surface area contributed by atoms with Crippen LogP contribution in [0.15, 0.2) is 72.9 Å². The summed E-state index contributed by atoms with van der Waals surface area (Å²) in [6.45, 7) is 5.38. The lowest BCUT2D eigenvalue weighted by molar-refractivity contribution is -0.116. The Labute approximate surface area is 203 Å². The van der Waals surface area contributed by atoms with Crippen LogP contribution >= 0.6 is 0 Å². The molecule has 35 heavy (non-hydrogen) atoms. The van der Waals surface area contributed by atoms with Crippen molar-refractivity contribution in [2.45, 2.75) is 26.2 Å². The number of aromatic amines is 1. The van der Waals surface area contributed by atoms with E-state index in [1.54, 1.807) is 18.9 Å². The molecule has 0 aliphatic rings. The van der Waals surface area contributed by atoms with E-state index in [4.69, 9.17) is 4.98 Å². The molecule has 0 spiro atoms. The molecule has 0 bridgehead atoms. The first-order valence-corrected chi connectivity index (χ1v) is 11.4. The Balaban J connectivity index is 1.57. The molecule has 0 saturated heterocycles. The van der Waals surface area contributed by atoms with Crippen LogP contribution in [0.1, 0.15) is 26.3 Å². The van der Waals surface area contributed by atoms with Crippen molar-refractivity contribution < 1.29 is 4.79 Å². The highest BCUT2D eigenvalue weighted by Crippen LogP contribution is 2.34. The van der Waals surface area contributed by atoms with E-state index in [2.05, 4.69) is 28.4 Å². The van der Waals surface area contributed by atoms with E-state index in [-0.39, 0.29) is 5.91 Å². The number of amides is 1. The lowest BCUT2D eigenvalue weighted by atomic mass is 9.86. The van der Waals surface area contributed by atoms with Crippen LogP contribution in [0.5, 0.6) is 0 Å². The molecule has 0 atom stereocenters. The minimum absolute atomic E-state index is 0.00361. The van der Waals surface area contributed by atoms with Crippen LogP contribution in [-0.2, 0) is 10.2 Å². The van der Waals surface area contributed by atoms with Crippen LogP contribution in [0.2, 0.25) is 0 Å². The third-order valence-corrected chi connectivity index (χ3v) is 6.61. The number of H-pyrrole nitrogens is 1. The number of nitriles is 1. The van der Waals surface area contributed by atoms with E-state index in [0.717, 1.165) is 55.4 Å². The van der Waals surface area contributed by atoms with Crippen LogP contribution in [-0.4, -0.2) is 28.1 Å². The summed E-state index contributed by atoms with van der Waals surface area (Å²) < 4.78 is 0. The minimum Gasteiger partial charge on any atom is -0.316 e. The number of carbonyl (C=O) groups is 1. The Hall–Kier alpha value is -4.50. The summed E-state index contributed by atoms with van der Waals surface area (Å²) in [5.74, 6) is -0.00361. The average Bonchev–Trinajstić information content (AvgIpc) is 3.38. The zero-order chi connectivity index (χ0) is 24.7. The molecule has 5 aromatic rings. The van der Waals surface area contributed by atoms with Gasteiger partial charge in [0.15, 0.2) is 0 Å². The van der Waals surface area contributed by atoms with Crippen molar-refractivity contribution in [3.63, 3.8) is 0 Å². The van der Waals surface area contributed by atoms with E-state index in [0.29, 0.717) is 0 Å². The molecule has 0 aliphatic heterocycles. The van der Waals surface area contributed by atoms with E-state index < -0.39 is 5.41 Å². The Morgan fingerprint density at radius 1 is 0.943 bits per heavy atom. The van der Waals surface area contributed by atoms with E-state index in [1.807, 2.05) is 74.6 Å². The topological polar surface area (TPSA) is 85.7 Å². The number of nitrogens with zero attached hydrogens (tertiary/aromatic N) is 4. The predicted molar refractivity (Wildman–Crippen MR) is 140 cm³/mol. The van der Waals surface area contributed by atoms with Gasteiger partial charge in [-0.15, -0.1) is 0 Å². The Morgan fingerprint density at radius 3 is 2.26 bits per heavy atom. The molecule has 3 aromatic carbocycles. The van der Waals surface area contributed by atoms with Gasteiger partial charge >= 0.3 is 0 Å². The normalized spacial score (nSPS) is 11.5. The SMILES string of the molecule is CC(=O)N(C)c1ccc(-c2ccc3nc(-c4ccc(C(C)(C)C#N)cc4)c4[nH]ncc4c3c2)cc1. The smallest absolute Gasteiger partial charge is 0.223 e. The summed E-state index contributed by atoms with van der Waals surface area (Å²) in [5.41, 5.74) is 6.95. The molecule has 0 aliphatic carbocycles. The maximum Gasteiger partial charge on any atom is 0.223 e. The van der Waals surface area contributed by atoms with Crippen molar-refractivity contribution >= 4 is 33.4 Å². The second-order valence-electron chi connectivity index (χ2n) is 9.29. The first-order chi connectivity index (χ1) is 16.8. The van der Waals surface area contributed by atoms with Gasteiger partial charge in [-0.05, 0) is 54.8 Å². The number of anilines is 1. The van der Waals surface area contributed by atoms with Gasteiger partial charge in [-0.3, -0.25) is 9.89 Å². The average molecular weight is 460 g/mol. The van der Waals surface area contributed by atoms with Gasteiger partial charge in [-0.1, -0.05) is 42.5 Å². The van der Waals surface area contributed by atoms with Crippen molar-refractivity contribution in [2.75, 3.05) is 11.9 Å². The van der Waals surface area contributed by atoms with Gasteiger partial charge in [0.25, 0.3) is 0 Å². The molecule has 0 fully saturated rings. The van der Waals surface area contributed by atoms with Crippen molar-refractivity contribution in [1.82, 2.24) is 15.2 Å². The van der Waals surface area contributed by atoms with Crippen LogP contribution in [0.25, 0.3) is 44.2 Å². The third-order valence-electron chi connectivity index (χ3n) is 6.61. The molecule has 6 nitrogen and oxygen atoms in total. The predicted octanol–water partition coefficient (Wildman–Crippen LogP) is 6.23. The van der Waals surface area contributed by atoms with E-state index in [9.17, 15) is 10.1 Å². The van der Waals surface area contributed by atoms with Gasteiger partial charge in [0.2, 0.25) is 5.91 Å². The van der Waals surface area contributed by atoms with E-state index in [1.165, 1.54) is 0 Å². The summed E-state index contributed by atoms with van der Waals surface area (Å²) in [7, 11) is 1.77. The molecule has 0 saturated carbocycles. The third kappa shape index (κ3) is 3.91. The summed E-state index contributed by atoms with van der Waals surface area (Å²) in [4.78, 5) is 18.2. The zero-order valence-electron chi connectivity index (χ0n) is 20.1. The number of fused-ring (bicyclic) bond motifs is 3. The number of pyridine rings is 1. The fourth-order valence-electron chi connectivity index (χ4n) is 4.25. The number of rotatable bonds is 4. The Bertz CT molecular complexity index is 1610. The number of hydrogen-bond acceptors (Lipinski definition) is 4. The molecule has 6 heteroatoms. The standard InChI is InChI=1S/C29H25N5O/c1-18(35)34(4)23-12-7-19(8-13-23)21-9-14-26-24(15-21)25-16-31-33-28(25)27(32-26)20-5-10-22(11-6-20)29(2,3)17-30/h5-16H,1-4H3,(H,31,33). The fraction of sp³-hybridized carbons (Fsp3) is 0.172. The molecule has 2 heterocycles. The summed E-state index contributed by atoms with van der Waals surface area (Å²) in [5, 5.41) is 18.9. The molecular weight excluding hydrogens is 434 g/mol. The molecule has 0 radical (unpaired) electrons. The highest BCUT2D eigenvalue weighted by atomic mass is 16.2. The van der Waals surface area contributed by atoms with Gasteiger partial charge in [-0.25, -0.2) is 4.98 Å². The highest BCUT2D eigenvalue weighted by molar-refractivity contribution is 6.10. The van der Waals surface area contributed by atoms with Gasteiger partial charge in [0.05, 0.1) is 34.4 Å². The van der Waals surface area contributed by atoms with Crippen molar-refractivity contribution in [3.8, 4) is 28.5 Å². The molecule has 1 amide bonds. The van der Waals surface area contributed by atoms with Crippen molar-refractivity contribution in [1.29, 1.82) is 5.26 Å². The molecule has 2 aromatic heterocycles. The monoisotopic (exact) mass is 459 g/mol. The summed E-state index contributed by atoms with van der Waals surface area (Å²) in [6, 6.07) is 24.5. The van der Waals surface area contributed by atoms with Crippen LogP contribution in [0, 0.1) is 11.3 Å². The Morgan fingerprint density at radius 2 is 1.60 bits per heavy atom. The molecule has 0 unspecified atom stereocenters. The van der Waals surface area contributed by atoms with Gasteiger partial charge in [0, 0.05) is 36.0 Å². The van der Waals surface area contributed by atoms with Crippen molar-refractivity contribution in [2.24, 2.45) is 0 Å². The van der Waals surface area contributed by atoms with Gasteiger partial charge in [-0.2, -0.15) is 10.4 Å². The Kier molecular flexibility index (Phi) is 5.33. The van der Waals surface area contributed by atoms with Crippen LogP contribution in [0.3, 0.4) is 0 Å². The van der Waals surface area contributed by atoms with Gasteiger partial charge in [0.1, 0.15) is 0 Å². The second kappa shape index (κ2) is 8.37. The number of aromatic nitrogens is 3. The maximum atomic E-state index is 11.6. The lowest BCUT2D eigenvalue weighted by Gasteiger charge is -2.16. The number of hydrogen-bond donors (Lipinski definition) is 1. The van der Waals surface area contributed by atoms with Crippen LogP contribution < -0.4 is 4.90 Å². The molecular formula is C29H25N5O. The zero-order valence-corrected chi connectivity index (χ0v) is 20.1. The second-order valence-corrected chi connectivity index (χ2v) is 9.29. The van der Waals surface area contributed by atoms with E-state index >= 15 is 0 Å². The molecule has 5 rings (SSSR count). The van der Waals surface area contributed by atoms with Crippen molar-refractivity contribution in [3.05, 3.63) is 78.5 Å². The summed E-state index contributed by atoms with van der Waals surface area (Å²) in [6.07, 6.45) is 1.84. The maximum absolute atomic E-state index is 11.6. The number of carbonyl (C=O) groups excluding carboxylic acids is 1. The minimum atomic E-state index is -0.547.